The molecular weight excluding hydrogens is 532 g/mol. The van der Waals surface area contributed by atoms with E-state index in [1.54, 1.807) is 42.1 Å². The number of methoxy groups -OCH3 is 2. The van der Waals surface area contributed by atoms with E-state index in [0.717, 1.165) is 21.2 Å². The van der Waals surface area contributed by atoms with Crippen molar-refractivity contribution in [3.05, 3.63) is 108 Å². The molecule has 0 spiro atoms. The van der Waals surface area contributed by atoms with E-state index in [0.29, 0.717) is 11.4 Å². The summed E-state index contributed by atoms with van der Waals surface area (Å²) in [6.07, 6.45) is 0. The Morgan fingerprint density at radius 2 is 1.56 bits per heavy atom. The average Bonchev–Trinajstić information content (AvgIpc) is 2.96. The number of nitrogens with one attached hydrogen (secondary N) is 1. The summed E-state index contributed by atoms with van der Waals surface area (Å²) in [6, 6.07) is 28.9. The van der Waals surface area contributed by atoms with E-state index in [4.69, 9.17) is 9.47 Å². The fraction of sp³-hybridized carbons (Fsp3) is 0.167. The molecule has 0 radical (unpaired) electrons. The van der Waals surface area contributed by atoms with Crippen LogP contribution in [0.3, 0.4) is 0 Å². The van der Waals surface area contributed by atoms with Crippen LogP contribution in [0, 0.1) is 6.92 Å². The number of rotatable bonds is 11. The molecule has 0 aliphatic heterocycles. The Balaban J connectivity index is 1.55. The van der Waals surface area contributed by atoms with Gasteiger partial charge < -0.3 is 14.8 Å². The van der Waals surface area contributed by atoms with Crippen LogP contribution in [-0.2, 0) is 20.6 Å². The fourth-order valence-corrected chi connectivity index (χ4v) is 6.13. The van der Waals surface area contributed by atoms with Crippen molar-refractivity contribution in [2.24, 2.45) is 0 Å². The lowest BCUT2D eigenvalue weighted by Crippen LogP contribution is -2.38. The van der Waals surface area contributed by atoms with Gasteiger partial charge in [0.15, 0.2) is 0 Å². The second kappa shape index (κ2) is 12.7. The number of anilines is 2. The van der Waals surface area contributed by atoms with E-state index in [9.17, 15) is 13.2 Å². The van der Waals surface area contributed by atoms with Crippen molar-refractivity contribution in [1.82, 2.24) is 0 Å². The highest BCUT2D eigenvalue weighted by molar-refractivity contribution is 7.98. The lowest BCUT2D eigenvalue weighted by Gasteiger charge is -2.26. The summed E-state index contributed by atoms with van der Waals surface area (Å²) < 4.78 is 39.3. The van der Waals surface area contributed by atoms with E-state index in [1.165, 1.54) is 31.2 Å². The zero-order valence-corrected chi connectivity index (χ0v) is 23.6. The smallest absolute Gasteiger partial charge is 0.264 e. The molecular formula is C30H30N2O5S2. The van der Waals surface area contributed by atoms with Gasteiger partial charge in [0.25, 0.3) is 10.0 Å². The summed E-state index contributed by atoms with van der Waals surface area (Å²) in [6.45, 7) is 1.42. The molecule has 0 atom stereocenters. The molecule has 4 aromatic carbocycles. The Morgan fingerprint density at radius 1 is 0.872 bits per heavy atom. The quantitative estimate of drug-likeness (QED) is 0.221. The second-order valence-corrected chi connectivity index (χ2v) is 11.6. The van der Waals surface area contributed by atoms with Crippen molar-refractivity contribution in [3.63, 3.8) is 0 Å². The maximum atomic E-state index is 13.7. The van der Waals surface area contributed by atoms with E-state index in [2.05, 4.69) is 17.4 Å². The molecule has 4 rings (SSSR count). The van der Waals surface area contributed by atoms with Gasteiger partial charge in [0.05, 0.1) is 24.8 Å². The topological polar surface area (TPSA) is 84.9 Å². The van der Waals surface area contributed by atoms with Gasteiger partial charge in [-0.15, -0.1) is 11.8 Å². The fourth-order valence-electron chi connectivity index (χ4n) is 3.83. The van der Waals surface area contributed by atoms with Crippen LogP contribution in [0.2, 0.25) is 0 Å². The summed E-state index contributed by atoms with van der Waals surface area (Å²) in [5.41, 5.74) is 2.82. The van der Waals surface area contributed by atoms with Gasteiger partial charge in [-0.2, -0.15) is 0 Å². The van der Waals surface area contributed by atoms with Crippen molar-refractivity contribution in [2.75, 3.05) is 30.4 Å². The highest BCUT2D eigenvalue weighted by atomic mass is 32.2. The highest BCUT2D eigenvalue weighted by Crippen LogP contribution is 2.35. The van der Waals surface area contributed by atoms with Gasteiger partial charge in [-0.1, -0.05) is 48.0 Å². The first-order chi connectivity index (χ1) is 18.8. The van der Waals surface area contributed by atoms with Gasteiger partial charge in [-0.05, 0) is 61.0 Å². The molecule has 0 aliphatic rings. The predicted octanol–water partition coefficient (Wildman–Crippen LogP) is 6.14. The number of ether oxygens (including phenoxy) is 2. The van der Waals surface area contributed by atoms with Crippen LogP contribution in [0.1, 0.15) is 11.1 Å². The minimum atomic E-state index is -4.10. The molecule has 0 heterocycles. The molecule has 202 valence electrons. The minimum absolute atomic E-state index is 0.0686. The van der Waals surface area contributed by atoms with Crippen LogP contribution in [-0.4, -0.2) is 35.1 Å². The molecule has 0 aromatic heterocycles. The molecule has 0 bridgehead atoms. The van der Waals surface area contributed by atoms with Crippen LogP contribution in [0.5, 0.6) is 11.5 Å². The lowest BCUT2D eigenvalue weighted by atomic mass is 10.2. The molecule has 0 saturated carbocycles. The van der Waals surface area contributed by atoms with Gasteiger partial charge in [-0.25, -0.2) is 8.42 Å². The average molecular weight is 563 g/mol. The van der Waals surface area contributed by atoms with Crippen LogP contribution in [0.25, 0.3) is 0 Å². The number of hydrogen-bond donors (Lipinski definition) is 1. The molecule has 7 nitrogen and oxygen atoms in total. The number of aryl methyl sites for hydroxylation is 1. The first kappa shape index (κ1) is 28.1. The van der Waals surface area contributed by atoms with E-state index in [1.807, 2.05) is 49.4 Å². The number of amides is 1. The molecule has 0 aliphatic carbocycles. The van der Waals surface area contributed by atoms with Crippen molar-refractivity contribution in [1.29, 1.82) is 0 Å². The summed E-state index contributed by atoms with van der Waals surface area (Å²) in [4.78, 5) is 14.4. The van der Waals surface area contributed by atoms with Gasteiger partial charge in [0.2, 0.25) is 5.91 Å². The third-order valence-electron chi connectivity index (χ3n) is 5.94. The molecule has 0 fully saturated rings. The summed E-state index contributed by atoms with van der Waals surface area (Å²) >= 11 is 1.73. The van der Waals surface area contributed by atoms with E-state index in [-0.39, 0.29) is 16.3 Å². The SMILES string of the molecule is COc1ccc(N(CC(=O)Nc2ccc(CSc3ccccc3)cc2)S(=O)(=O)c2ccc(C)cc2)c(OC)c1. The van der Waals surface area contributed by atoms with Gasteiger partial charge in [0, 0.05) is 22.4 Å². The number of carbonyl (C=O) groups excluding carboxylic acids is 1. The van der Waals surface area contributed by atoms with Crippen molar-refractivity contribution in [2.45, 2.75) is 22.5 Å². The Hall–Kier alpha value is -3.95. The van der Waals surface area contributed by atoms with Crippen LogP contribution >= 0.6 is 11.8 Å². The van der Waals surface area contributed by atoms with E-state index >= 15 is 0 Å². The summed E-state index contributed by atoms with van der Waals surface area (Å²) in [5.74, 6) is 1.06. The third-order valence-corrected chi connectivity index (χ3v) is 8.80. The Morgan fingerprint density at radius 3 is 2.21 bits per heavy atom. The van der Waals surface area contributed by atoms with Crippen LogP contribution in [0.15, 0.2) is 107 Å². The standard InChI is InChI=1S/C30H30N2O5S2/c1-22-9-16-27(17-10-22)39(34,35)32(28-18-15-25(36-2)19-29(28)37-3)20-30(33)31-24-13-11-23(12-14-24)21-38-26-7-5-4-6-8-26/h4-19H,20-21H2,1-3H3,(H,31,33). The van der Waals surface area contributed by atoms with Crippen molar-refractivity contribution < 1.29 is 22.7 Å². The number of sulfonamides is 1. The predicted molar refractivity (Wildman–Crippen MR) is 156 cm³/mol. The van der Waals surface area contributed by atoms with Gasteiger partial charge >= 0.3 is 0 Å². The molecule has 39 heavy (non-hydrogen) atoms. The normalized spacial score (nSPS) is 11.1. The second-order valence-electron chi connectivity index (χ2n) is 8.71. The Bertz CT molecular complexity index is 1510. The molecule has 1 amide bonds. The third kappa shape index (κ3) is 7.13. The molecule has 9 heteroatoms. The van der Waals surface area contributed by atoms with Crippen LogP contribution < -0.4 is 19.1 Å². The van der Waals surface area contributed by atoms with Gasteiger partial charge in [0.1, 0.15) is 18.0 Å². The molecule has 0 saturated heterocycles. The maximum absolute atomic E-state index is 13.7. The summed E-state index contributed by atoms with van der Waals surface area (Å²) in [5, 5.41) is 2.82. The largest absolute Gasteiger partial charge is 0.497 e. The number of nitrogens with zero attached hydrogens (tertiary/aromatic N) is 1. The van der Waals surface area contributed by atoms with Gasteiger partial charge in [-0.3, -0.25) is 9.10 Å². The lowest BCUT2D eigenvalue weighted by molar-refractivity contribution is -0.114. The number of hydrogen-bond acceptors (Lipinski definition) is 6. The number of carbonyl (C=O) groups is 1. The zero-order chi connectivity index (χ0) is 27.8. The Kier molecular flexibility index (Phi) is 9.16. The number of thioether (sulfide) groups is 1. The van der Waals surface area contributed by atoms with Crippen LogP contribution in [0.4, 0.5) is 11.4 Å². The monoisotopic (exact) mass is 562 g/mol. The highest BCUT2D eigenvalue weighted by Gasteiger charge is 2.29. The first-order valence-corrected chi connectivity index (χ1v) is 14.6. The number of benzene rings is 4. The van der Waals surface area contributed by atoms with E-state index < -0.39 is 22.5 Å². The minimum Gasteiger partial charge on any atom is -0.497 e. The zero-order valence-electron chi connectivity index (χ0n) is 22.0. The summed E-state index contributed by atoms with van der Waals surface area (Å²) in [7, 11) is -1.16. The maximum Gasteiger partial charge on any atom is 0.264 e. The molecule has 0 unspecified atom stereocenters. The molecule has 1 N–H and O–H groups in total. The first-order valence-electron chi connectivity index (χ1n) is 12.2. The van der Waals surface area contributed by atoms with Crippen molar-refractivity contribution in [3.8, 4) is 11.5 Å². The molecule has 4 aromatic rings. The Labute approximate surface area is 233 Å². The van der Waals surface area contributed by atoms with Crippen molar-refractivity contribution >= 4 is 39.1 Å².